The Hall–Kier alpha value is -1.11. The number of benzene rings is 1. The van der Waals surface area contributed by atoms with Crippen molar-refractivity contribution in [1.82, 2.24) is 0 Å². The number of aliphatic hydroxyl groups excluding tert-OH is 1. The van der Waals surface area contributed by atoms with Gasteiger partial charge in [0, 0.05) is 5.69 Å². The minimum Gasteiger partial charge on any atom is -0.390 e. The molecule has 110 valence electrons. The van der Waals surface area contributed by atoms with E-state index in [9.17, 15) is 18.3 Å². The lowest BCUT2D eigenvalue weighted by molar-refractivity contribution is -0.117. The normalized spacial score (nSPS) is 24.6. The van der Waals surface area contributed by atoms with E-state index >= 15 is 0 Å². The molecule has 0 unspecified atom stereocenters. The van der Waals surface area contributed by atoms with Crippen LogP contribution in [0.1, 0.15) is 5.56 Å². The van der Waals surface area contributed by atoms with Gasteiger partial charge in [-0.15, -0.1) is 11.6 Å². The van der Waals surface area contributed by atoms with Gasteiger partial charge in [0.2, 0.25) is 5.91 Å². The van der Waals surface area contributed by atoms with Crippen molar-refractivity contribution in [2.75, 3.05) is 22.3 Å². The molecule has 1 N–H and O–H groups in total. The molecule has 2 atom stereocenters. The number of amides is 1. The summed E-state index contributed by atoms with van der Waals surface area (Å²) in [7, 11) is -3.34. The lowest BCUT2D eigenvalue weighted by Crippen LogP contribution is -2.47. The molecule has 2 rings (SSSR count). The van der Waals surface area contributed by atoms with E-state index in [1.165, 1.54) is 4.90 Å². The molecule has 1 amide bonds. The van der Waals surface area contributed by atoms with E-state index in [-0.39, 0.29) is 17.4 Å². The molecular weight excluding hydrogens is 302 g/mol. The van der Waals surface area contributed by atoms with Crippen molar-refractivity contribution in [2.24, 2.45) is 0 Å². The van der Waals surface area contributed by atoms with Gasteiger partial charge in [-0.2, -0.15) is 0 Å². The third-order valence-corrected chi connectivity index (χ3v) is 5.22. The van der Waals surface area contributed by atoms with Gasteiger partial charge in [-0.05, 0) is 24.6 Å². The summed E-state index contributed by atoms with van der Waals surface area (Å²) in [6, 6.07) is 6.33. The Bertz CT molecular complexity index is 617. The number of carbonyl (C=O) groups is 1. The zero-order chi connectivity index (χ0) is 14.9. The van der Waals surface area contributed by atoms with E-state index in [1.54, 1.807) is 18.2 Å². The van der Waals surface area contributed by atoms with E-state index in [0.29, 0.717) is 5.69 Å². The molecule has 0 saturated carbocycles. The Kier molecular flexibility index (Phi) is 4.36. The molecule has 1 heterocycles. The van der Waals surface area contributed by atoms with Gasteiger partial charge in [-0.25, -0.2) is 8.42 Å². The Morgan fingerprint density at radius 2 is 2.15 bits per heavy atom. The van der Waals surface area contributed by atoms with Gasteiger partial charge in [0.1, 0.15) is 5.88 Å². The third kappa shape index (κ3) is 3.13. The topological polar surface area (TPSA) is 74.7 Å². The molecule has 20 heavy (non-hydrogen) atoms. The van der Waals surface area contributed by atoms with Crippen molar-refractivity contribution in [3.8, 4) is 0 Å². The molecule has 1 fully saturated rings. The number of nitrogens with zero attached hydrogens (tertiary/aromatic N) is 1. The standard InChI is InChI=1S/C13H16ClNO4S/c1-9-3-2-4-10(5-9)15(13(17)6-14)11-7-20(18,19)8-12(11)16/h2-5,11-12,16H,6-8H2,1H3/t11-,12-/m0/s1. The highest BCUT2D eigenvalue weighted by molar-refractivity contribution is 7.91. The van der Waals surface area contributed by atoms with Crippen LogP contribution in [0, 0.1) is 6.92 Å². The molecule has 0 aromatic heterocycles. The molecule has 1 aliphatic heterocycles. The number of carbonyl (C=O) groups excluding carboxylic acids is 1. The van der Waals surface area contributed by atoms with Gasteiger partial charge < -0.3 is 10.0 Å². The van der Waals surface area contributed by atoms with E-state index < -0.39 is 27.9 Å². The average molecular weight is 318 g/mol. The molecule has 1 saturated heterocycles. The predicted molar refractivity (Wildman–Crippen MR) is 77.8 cm³/mol. The van der Waals surface area contributed by atoms with Gasteiger partial charge in [0.15, 0.2) is 9.84 Å². The van der Waals surface area contributed by atoms with Crippen molar-refractivity contribution in [3.63, 3.8) is 0 Å². The lowest BCUT2D eigenvalue weighted by Gasteiger charge is -2.30. The molecule has 7 heteroatoms. The van der Waals surface area contributed by atoms with Crippen molar-refractivity contribution in [3.05, 3.63) is 29.8 Å². The second-order valence-corrected chi connectivity index (χ2v) is 7.37. The zero-order valence-corrected chi connectivity index (χ0v) is 12.6. The number of aliphatic hydroxyl groups is 1. The highest BCUT2D eigenvalue weighted by Gasteiger charge is 2.42. The molecule has 0 aliphatic carbocycles. The molecule has 1 aliphatic rings. The van der Waals surface area contributed by atoms with Crippen molar-refractivity contribution in [1.29, 1.82) is 0 Å². The minimum absolute atomic E-state index is 0.245. The highest BCUT2D eigenvalue weighted by Crippen LogP contribution is 2.26. The molecule has 0 radical (unpaired) electrons. The van der Waals surface area contributed by atoms with Crippen LogP contribution in [0.15, 0.2) is 24.3 Å². The van der Waals surface area contributed by atoms with Crippen molar-refractivity contribution >= 4 is 33.0 Å². The first-order valence-electron chi connectivity index (χ1n) is 6.17. The predicted octanol–water partition coefficient (Wildman–Crippen LogP) is 0.725. The second-order valence-electron chi connectivity index (χ2n) is 4.95. The van der Waals surface area contributed by atoms with Crippen LogP contribution < -0.4 is 4.90 Å². The van der Waals surface area contributed by atoms with Gasteiger partial charge in [0.05, 0.1) is 23.7 Å². The van der Waals surface area contributed by atoms with E-state index in [2.05, 4.69) is 0 Å². The fraction of sp³-hybridized carbons (Fsp3) is 0.462. The van der Waals surface area contributed by atoms with Crippen LogP contribution in [0.5, 0.6) is 0 Å². The maximum atomic E-state index is 12.1. The summed E-state index contributed by atoms with van der Waals surface area (Å²) in [5, 5.41) is 9.95. The first kappa shape index (κ1) is 15.3. The van der Waals surface area contributed by atoms with E-state index in [0.717, 1.165) is 5.56 Å². The SMILES string of the molecule is Cc1cccc(N(C(=O)CCl)[C@H]2CS(=O)(=O)C[C@@H]2O)c1. The summed E-state index contributed by atoms with van der Waals surface area (Å²) in [4.78, 5) is 13.4. The summed E-state index contributed by atoms with van der Waals surface area (Å²) in [6.45, 7) is 1.87. The largest absolute Gasteiger partial charge is 0.390 e. The summed E-state index contributed by atoms with van der Waals surface area (Å²) in [5.74, 6) is -1.25. The number of aryl methyl sites for hydroxylation is 1. The van der Waals surface area contributed by atoms with Crippen molar-refractivity contribution < 1.29 is 18.3 Å². The lowest BCUT2D eigenvalue weighted by atomic mass is 10.1. The Morgan fingerprint density at radius 1 is 1.45 bits per heavy atom. The summed E-state index contributed by atoms with van der Waals surface area (Å²) in [5.41, 5.74) is 1.49. The molecule has 1 aromatic rings. The number of sulfone groups is 1. The van der Waals surface area contributed by atoms with Crippen LogP contribution in [0.4, 0.5) is 5.69 Å². The van der Waals surface area contributed by atoms with Crippen molar-refractivity contribution in [2.45, 2.75) is 19.1 Å². The van der Waals surface area contributed by atoms with Crippen LogP contribution in [0.2, 0.25) is 0 Å². The number of hydrogen-bond acceptors (Lipinski definition) is 4. The molecule has 0 spiro atoms. The van der Waals surface area contributed by atoms with Gasteiger partial charge in [-0.3, -0.25) is 4.79 Å². The maximum absolute atomic E-state index is 12.1. The summed E-state index contributed by atoms with van der Waals surface area (Å²) in [6.07, 6.45) is -1.09. The van der Waals surface area contributed by atoms with E-state index in [1.807, 2.05) is 13.0 Å². The third-order valence-electron chi connectivity index (χ3n) is 3.29. The number of anilines is 1. The quantitative estimate of drug-likeness (QED) is 0.834. The molecule has 0 bridgehead atoms. The second kappa shape index (κ2) is 5.71. The fourth-order valence-electron chi connectivity index (χ4n) is 2.42. The van der Waals surface area contributed by atoms with Crippen LogP contribution in [-0.2, 0) is 14.6 Å². The van der Waals surface area contributed by atoms with Gasteiger partial charge in [0.25, 0.3) is 0 Å². The Morgan fingerprint density at radius 3 is 2.65 bits per heavy atom. The number of halogens is 1. The average Bonchev–Trinajstić information content (AvgIpc) is 2.63. The fourth-order valence-corrected chi connectivity index (χ4v) is 4.32. The maximum Gasteiger partial charge on any atom is 0.242 e. The number of hydrogen-bond donors (Lipinski definition) is 1. The van der Waals surface area contributed by atoms with Crippen LogP contribution in [-0.4, -0.2) is 49.0 Å². The van der Waals surface area contributed by atoms with Gasteiger partial charge >= 0.3 is 0 Å². The number of alkyl halides is 1. The van der Waals surface area contributed by atoms with Gasteiger partial charge in [-0.1, -0.05) is 12.1 Å². The summed E-state index contributed by atoms with van der Waals surface area (Å²) >= 11 is 5.61. The van der Waals surface area contributed by atoms with Crippen LogP contribution in [0.25, 0.3) is 0 Å². The Balaban J connectivity index is 2.41. The number of rotatable bonds is 3. The first-order valence-corrected chi connectivity index (χ1v) is 8.53. The molecular formula is C13H16ClNO4S. The minimum atomic E-state index is -3.34. The molecule has 5 nitrogen and oxygen atoms in total. The molecule has 1 aromatic carbocycles. The van der Waals surface area contributed by atoms with Crippen LogP contribution >= 0.6 is 11.6 Å². The smallest absolute Gasteiger partial charge is 0.242 e. The first-order chi connectivity index (χ1) is 9.34. The Labute approximate surface area is 123 Å². The zero-order valence-electron chi connectivity index (χ0n) is 11.0. The highest BCUT2D eigenvalue weighted by atomic mass is 35.5. The monoisotopic (exact) mass is 317 g/mol. The van der Waals surface area contributed by atoms with Crippen LogP contribution in [0.3, 0.4) is 0 Å². The summed E-state index contributed by atoms with van der Waals surface area (Å²) < 4.78 is 23.3. The van der Waals surface area contributed by atoms with E-state index in [4.69, 9.17) is 11.6 Å².